The van der Waals surface area contributed by atoms with Gasteiger partial charge in [0.1, 0.15) is 0 Å². The van der Waals surface area contributed by atoms with Gasteiger partial charge in [0.25, 0.3) is 0 Å². The fourth-order valence-corrected chi connectivity index (χ4v) is 3.92. The van der Waals surface area contributed by atoms with Crippen molar-refractivity contribution in [3.05, 3.63) is 71.0 Å². The van der Waals surface area contributed by atoms with Crippen molar-refractivity contribution < 1.29 is 9.47 Å². The van der Waals surface area contributed by atoms with Crippen LogP contribution >= 0.6 is 23.5 Å². The van der Waals surface area contributed by atoms with E-state index >= 15 is 0 Å². The molecule has 0 fully saturated rings. The van der Waals surface area contributed by atoms with Crippen molar-refractivity contribution in [1.82, 2.24) is 0 Å². The van der Waals surface area contributed by atoms with Gasteiger partial charge in [-0.25, -0.2) is 0 Å². The summed E-state index contributed by atoms with van der Waals surface area (Å²) in [5.41, 5.74) is 0. The Morgan fingerprint density at radius 3 is 1.96 bits per heavy atom. The van der Waals surface area contributed by atoms with Crippen molar-refractivity contribution in [3.63, 3.8) is 0 Å². The molecule has 2 aromatic carbocycles. The molecule has 0 saturated carbocycles. The monoisotopic (exact) mass is 360 g/mol. The predicted molar refractivity (Wildman–Crippen MR) is 104 cm³/mol. The Kier molecular flexibility index (Phi) is 9.06. The molecular formula is C20H24O2S2. The molecule has 0 aliphatic rings. The third kappa shape index (κ3) is 7.14. The molecule has 0 aliphatic carbocycles. The molecule has 0 heterocycles. The van der Waals surface area contributed by atoms with Crippen molar-refractivity contribution in [1.29, 1.82) is 0 Å². The van der Waals surface area contributed by atoms with E-state index in [2.05, 4.69) is 53.9 Å². The maximum atomic E-state index is 5.72. The summed E-state index contributed by atoms with van der Waals surface area (Å²) in [5.74, 6) is 0. The van der Waals surface area contributed by atoms with Crippen LogP contribution in [0.4, 0.5) is 0 Å². The van der Waals surface area contributed by atoms with Crippen molar-refractivity contribution >= 4 is 23.5 Å². The third-order valence-electron chi connectivity index (χ3n) is 3.13. The zero-order valence-electron chi connectivity index (χ0n) is 14.2. The molecule has 0 radical (unpaired) electrons. The fourth-order valence-electron chi connectivity index (χ4n) is 2.09. The van der Waals surface area contributed by atoms with E-state index in [1.807, 2.05) is 26.0 Å². The molecule has 0 unspecified atom stereocenters. The van der Waals surface area contributed by atoms with Crippen LogP contribution in [0.15, 0.2) is 80.8 Å². The second-order valence-electron chi connectivity index (χ2n) is 4.97. The summed E-state index contributed by atoms with van der Waals surface area (Å²) in [5, 5.41) is 2.21. The first-order valence-corrected chi connectivity index (χ1v) is 9.88. The van der Waals surface area contributed by atoms with Gasteiger partial charge in [0.05, 0.1) is 0 Å². The number of hydrogen-bond acceptors (Lipinski definition) is 4. The number of benzene rings is 2. The molecule has 128 valence electrons. The van der Waals surface area contributed by atoms with Crippen LogP contribution in [0.3, 0.4) is 0 Å². The smallest absolute Gasteiger partial charge is 0.162 e. The lowest BCUT2D eigenvalue weighted by Crippen LogP contribution is -2.17. The van der Waals surface area contributed by atoms with Crippen molar-refractivity contribution in [2.45, 2.75) is 36.3 Å². The minimum Gasteiger partial charge on any atom is -0.353 e. The van der Waals surface area contributed by atoms with Crippen LogP contribution in [0.1, 0.15) is 20.3 Å². The number of rotatable bonds is 10. The maximum Gasteiger partial charge on any atom is 0.162 e. The predicted octanol–water partition coefficient (Wildman–Crippen LogP) is 6.20. The summed E-state index contributed by atoms with van der Waals surface area (Å²) in [6.45, 7) is 5.30. The van der Waals surface area contributed by atoms with E-state index in [1.165, 1.54) is 14.7 Å². The van der Waals surface area contributed by atoms with Crippen LogP contribution in [-0.4, -0.2) is 19.5 Å². The Morgan fingerprint density at radius 1 is 0.875 bits per heavy atom. The zero-order chi connectivity index (χ0) is 17.0. The van der Waals surface area contributed by atoms with Crippen molar-refractivity contribution in [3.8, 4) is 0 Å². The molecule has 0 aliphatic heterocycles. The average molecular weight is 361 g/mol. The van der Waals surface area contributed by atoms with Gasteiger partial charge in [0.15, 0.2) is 6.29 Å². The van der Waals surface area contributed by atoms with Gasteiger partial charge in [0, 0.05) is 34.3 Å². The van der Waals surface area contributed by atoms with Gasteiger partial charge in [-0.1, -0.05) is 59.9 Å². The average Bonchev–Trinajstić information content (AvgIpc) is 2.62. The highest BCUT2D eigenvalue weighted by Gasteiger charge is 2.12. The van der Waals surface area contributed by atoms with Gasteiger partial charge in [-0.2, -0.15) is 0 Å². The largest absolute Gasteiger partial charge is 0.353 e. The molecule has 2 aromatic rings. The van der Waals surface area contributed by atoms with Crippen LogP contribution in [0.2, 0.25) is 0 Å². The molecule has 4 heteroatoms. The molecule has 0 atom stereocenters. The van der Waals surface area contributed by atoms with E-state index in [0.29, 0.717) is 13.2 Å². The summed E-state index contributed by atoms with van der Waals surface area (Å²) >= 11 is 3.50. The van der Waals surface area contributed by atoms with Crippen molar-refractivity contribution in [2.24, 2.45) is 0 Å². The van der Waals surface area contributed by atoms with E-state index < -0.39 is 0 Å². The Hall–Kier alpha value is -1.20. The van der Waals surface area contributed by atoms with Crippen LogP contribution in [0.5, 0.6) is 0 Å². The molecule has 2 rings (SSSR count). The van der Waals surface area contributed by atoms with Gasteiger partial charge < -0.3 is 9.47 Å². The Balaban J connectivity index is 2.10. The second-order valence-corrected chi connectivity index (χ2v) is 7.12. The molecule has 0 spiro atoms. The third-order valence-corrected chi connectivity index (χ3v) is 5.29. The zero-order valence-corrected chi connectivity index (χ0v) is 15.8. The molecule has 0 aromatic heterocycles. The quantitative estimate of drug-likeness (QED) is 0.371. The van der Waals surface area contributed by atoms with Crippen LogP contribution in [-0.2, 0) is 9.47 Å². The Bertz CT molecular complexity index is 594. The lowest BCUT2D eigenvalue weighted by atomic mass is 10.4. The first-order valence-electron chi connectivity index (χ1n) is 8.18. The molecule has 0 bridgehead atoms. The number of thioether (sulfide) groups is 2. The summed E-state index contributed by atoms with van der Waals surface area (Å²) in [6, 6.07) is 20.8. The van der Waals surface area contributed by atoms with Gasteiger partial charge in [0.2, 0.25) is 0 Å². The highest BCUT2D eigenvalue weighted by Crippen LogP contribution is 2.34. The topological polar surface area (TPSA) is 18.5 Å². The first-order chi connectivity index (χ1) is 11.8. The molecule has 2 nitrogen and oxygen atoms in total. The highest BCUT2D eigenvalue weighted by atomic mass is 32.2. The van der Waals surface area contributed by atoms with E-state index in [1.54, 1.807) is 23.5 Å². The van der Waals surface area contributed by atoms with Crippen LogP contribution in [0, 0.1) is 0 Å². The minimum absolute atomic E-state index is 0.196. The van der Waals surface area contributed by atoms with Gasteiger partial charge >= 0.3 is 0 Å². The Morgan fingerprint density at radius 2 is 1.42 bits per heavy atom. The standard InChI is InChI=1S/C20H24O2S2/c1-3-21-20(22-4-2)15-19(24-18-13-9-6-10-14-18)16-23-17-11-7-5-8-12-17/h5-14,16,20H,3-4,15H2,1-2H3. The van der Waals surface area contributed by atoms with Gasteiger partial charge in [-0.05, 0) is 43.5 Å². The molecule has 24 heavy (non-hydrogen) atoms. The van der Waals surface area contributed by atoms with E-state index in [-0.39, 0.29) is 6.29 Å². The second kappa shape index (κ2) is 11.4. The summed E-state index contributed by atoms with van der Waals surface area (Å²) in [6.07, 6.45) is 0.556. The molecule has 0 N–H and O–H groups in total. The normalized spacial score (nSPS) is 11.9. The molecule has 0 amide bonds. The molecular weight excluding hydrogens is 336 g/mol. The number of ether oxygens (including phenoxy) is 2. The SMILES string of the molecule is CCOC(CC(=CSc1ccccc1)Sc1ccccc1)OCC. The molecule has 0 saturated heterocycles. The van der Waals surface area contributed by atoms with E-state index in [0.717, 1.165) is 6.42 Å². The van der Waals surface area contributed by atoms with Crippen LogP contribution in [0.25, 0.3) is 0 Å². The minimum atomic E-state index is -0.196. The lowest BCUT2D eigenvalue weighted by Gasteiger charge is -2.18. The van der Waals surface area contributed by atoms with Crippen LogP contribution < -0.4 is 0 Å². The Labute approximate surface area is 153 Å². The van der Waals surface area contributed by atoms with Crippen molar-refractivity contribution in [2.75, 3.05) is 13.2 Å². The summed E-state index contributed by atoms with van der Waals surface area (Å²) in [4.78, 5) is 3.69. The first kappa shape index (κ1) is 19.1. The lowest BCUT2D eigenvalue weighted by molar-refractivity contribution is -0.133. The number of hydrogen-bond donors (Lipinski definition) is 0. The fraction of sp³-hybridized carbons (Fsp3) is 0.300. The van der Waals surface area contributed by atoms with Gasteiger partial charge in [-0.15, -0.1) is 0 Å². The van der Waals surface area contributed by atoms with Gasteiger partial charge in [-0.3, -0.25) is 0 Å². The maximum absolute atomic E-state index is 5.72. The summed E-state index contributed by atoms with van der Waals surface area (Å²) < 4.78 is 11.4. The highest BCUT2D eigenvalue weighted by molar-refractivity contribution is 8.06. The van der Waals surface area contributed by atoms with E-state index in [9.17, 15) is 0 Å². The van der Waals surface area contributed by atoms with E-state index in [4.69, 9.17) is 9.47 Å². The summed E-state index contributed by atoms with van der Waals surface area (Å²) in [7, 11) is 0.